The number of anilines is 1. The summed E-state index contributed by atoms with van der Waals surface area (Å²) >= 11 is 0. The van der Waals surface area contributed by atoms with Crippen molar-refractivity contribution in [3.05, 3.63) is 77.4 Å². The Labute approximate surface area is 186 Å². The van der Waals surface area contributed by atoms with E-state index in [2.05, 4.69) is 22.4 Å². The fourth-order valence-corrected chi connectivity index (χ4v) is 5.31. The van der Waals surface area contributed by atoms with E-state index in [0.29, 0.717) is 41.6 Å². The van der Waals surface area contributed by atoms with Gasteiger partial charge in [-0.15, -0.1) is 0 Å². The van der Waals surface area contributed by atoms with Crippen molar-refractivity contribution >= 4 is 5.69 Å². The minimum atomic E-state index is -1.36. The molecule has 7 nitrogen and oxygen atoms in total. The van der Waals surface area contributed by atoms with Gasteiger partial charge in [-0.05, 0) is 36.1 Å². The maximum Gasteiger partial charge on any atom is 0.226 e. The summed E-state index contributed by atoms with van der Waals surface area (Å²) in [4.78, 5) is 4.42. The van der Waals surface area contributed by atoms with Gasteiger partial charge < -0.3 is 19.3 Å². The second-order valence-corrected chi connectivity index (χ2v) is 8.06. The first kappa shape index (κ1) is 20.2. The van der Waals surface area contributed by atoms with Crippen molar-refractivity contribution in [1.82, 2.24) is 4.98 Å². The van der Waals surface area contributed by atoms with Crippen molar-refractivity contribution in [2.24, 2.45) is 0 Å². The Morgan fingerprint density at radius 3 is 2.53 bits per heavy atom. The number of nitriles is 1. The summed E-state index contributed by atoms with van der Waals surface area (Å²) in [5.74, 6) is 1.02. The van der Waals surface area contributed by atoms with Crippen molar-refractivity contribution in [2.75, 3.05) is 19.5 Å². The van der Waals surface area contributed by atoms with Crippen LogP contribution in [0.3, 0.4) is 0 Å². The molecule has 2 N–H and O–H groups in total. The molecule has 3 unspecified atom stereocenters. The van der Waals surface area contributed by atoms with E-state index in [1.165, 1.54) is 14.2 Å². The fraction of sp³-hybridized carbons (Fsp3) is 0.280. The number of nitrogens with zero attached hydrogens (tertiary/aromatic N) is 2. The Morgan fingerprint density at radius 1 is 1.12 bits per heavy atom. The molecule has 1 aromatic heterocycles. The van der Waals surface area contributed by atoms with Gasteiger partial charge in [-0.1, -0.05) is 42.5 Å². The lowest BCUT2D eigenvalue weighted by Crippen LogP contribution is -2.48. The minimum Gasteiger partial charge on any atom is -0.481 e. The normalized spacial score (nSPS) is 25.2. The first-order valence-electron chi connectivity index (χ1n) is 10.4. The van der Waals surface area contributed by atoms with E-state index in [1.807, 2.05) is 48.7 Å². The summed E-state index contributed by atoms with van der Waals surface area (Å²) in [7, 11) is 3.06. The predicted octanol–water partition coefficient (Wildman–Crippen LogP) is 4.04. The number of hydrogen-bond donors (Lipinski definition) is 2. The zero-order chi connectivity index (χ0) is 22.3. The molecule has 2 aromatic carbocycles. The molecule has 0 spiro atoms. The average molecular weight is 429 g/mol. The largest absolute Gasteiger partial charge is 0.481 e. The van der Waals surface area contributed by atoms with E-state index < -0.39 is 11.2 Å². The molecule has 32 heavy (non-hydrogen) atoms. The van der Waals surface area contributed by atoms with Gasteiger partial charge >= 0.3 is 0 Å². The standard InChI is InChI=1S/C25H23N3O4/c1-30-21-14-20-22(23(28-21)31-2)24(29)13-12-19(16-6-4-3-5-7-16)25(24,32-20)17-8-10-18(11-9-17)27-15-26/h3-11,14,19,27,29H,12-13H2,1-2H3. The minimum absolute atomic E-state index is 0.119. The number of hydrogen-bond acceptors (Lipinski definition) is 7. The highest BCUT2D eigenvalue weighted by molar-refractivity contribution is 5.59. The molecule has 3 atom stereocenters. The molecular formula is C25H23N3O4. The molecule has 3 aromatic rings. The zero-order valence-corrected chi connectivity index (χ0v) is 17.8. The highest BCUT2D eigenvalue weighted by atomic mass is 16.5. The van der Waals surface area contributed by atoms with Crippen LogP contribution in [0.15, 0.2) is 60.7 Å². The Balaban J connectivity index is 1.75. The van der Waals surface area contributed by atoms with Crippen LogP contribution in [0.2, 0.25) is 0 Å². The van der Waals surface area contributed by atoms with E-state index in [-0.39, 0.29) is 5.92 Å². The lowest BCUT2D eigenvalue weighted by molar-refractivity contribution is -0.106. The van der Waals surface area contributed by atoms with E-state index in [1.54, 1.807) is 6.07 Å². The number of benzene rings is 2. The van der Waals surface area contributed by atoms with Crippen LogP contribution in [-0.2, 0) is 11.2 Å². The summed E-state index contributed by atoms with van der Waals surface area (Å²) < 4.78 is 17.6. The molecule has 0 bridgehead atoms. The Kier molecular flexibility index (Phi) is 4.68. The Bertz CT molecular complexity index is 1190. The maximum atomic E-state index is 12.3. The van der Waals surface area contributed by atoms with E-state index in [0.717, 1.165) is 11.1 Å². The van der Waals surface area contributed by atoms with E-state index >= 15 is 0 Å². The van der Waals surface area contributed by atoms with Gasteiger partial charge in [0.05, 0.1) is 19.8 Å². The molecule has 0 radical (unpaired) electrons. The Morgan fingerprint density at radius 2 is 1.88 bits per heavy atom. The van der Waals surface area contributed by atoms with E-state index in [4.69, 9.17) is 19.5 Å². The van der Waals surface area contributed by atoms with Crippen LogP contribution in [0.4, 0.5) is 5.69 Å². The van der Waals surface area contributed by atoms with Gasteiger partial charge in [0.25, 0.3) is 0 Å². The summed E-state index contributed by atoms with van der Waals surface area (Å²) in [6, 6.07) is 19.2. The monoisotopic (exact) mass is 429 g/mol. The quantitative estimate of drug-likeness (QED) is 0.467. The SMILES string of the molecule is COc1cc2c(c(OC)n1)C1(O)CCC(c3ccccc3)C1(c1ccc(NC#N)cc1)O2. The van der Waals surface area contributed by atoms with Crippen molar-refractivity contribution in [3.8, 4) is 23.7 Å². The molecule has 0 saturated heterocycles. The molecule has 0 amide bonds. The van der Waals surface area contributed by atoms with Crippen LogP contribution in [0.25, 0.3) is 0 Å². The number of aromatic nitrogens is 1. The van der Waals surface area contributed by atoms with Gasteiger partial charge in [0, 0.05) is 17.7 Å². The molecule has 1 aliphatic heterocycles. The number of aliphatic hydroxyl groups is 1. The number of methoxy groups -OCH3 is 2. The summed E-state index contributed by atoms with van der Waals surface area (Å²) in [5, 5.41) is 23.9. The van der Waals surface area contributed by atoms with Gasteiger partial charge in [0.15, 0.2) is 11.8 Å². The lowest BCUT2D eigenvalue weighted by atomic mass is 9.72. The maximum absolute atomic E-state index is 12.3. The highest BCUT2D eigenvalue weighted by Crippen LogP contribution is 2.68. The fourth-order valence-electron chi connectivity index (χ4n) is 5.31. The number of ether oxygens (including phenoxy) is 3. The summed E-state index contributed by atoms with van der Waals surface area (Å²) in [6.45, 7) is 0. The van der Waals surface area contributed by atoms with Crippen molar-refractivity contribution in [2.45, 2.75) is 30.0 Å². The molecule has 2 heterocycles. The van der Waals surface area contributed by atoms with Crippen molar-refractivity contribution < 1.29 is 19.3 Å². The smallest absolute Gasteiger partial charge is 0.226 e. The van der Waals surface area contributed by atoms with Crippen LogP contribution < -0.4 is 19.5 Å². The van der Waals surface area contributed by atoms with Crippen LogP contribution in [0.5, 0.6) is 17.5 Å². The summed E-state index contributed by atoms with van der Waals surface area (Å²) in [6.07, 6.45) is 3.12. The summed E-state index contributed by atoms with van der Waals surface area (Å²) in [5.41, 5.74) is 0.641. The number of nitrogens with one attached hydrogen (secondary N) is 1. The molecule has 1 aliphatic carbocycles. The molecule has 5 rings (SSSR count). The van der Waals surface area contributed by atoms with E-state index in [9.17, 15) is 5.11 Å². The third kappa shape index (κ3) is 2.66. The zero-order valence-electron chi connectivity index (χ0n) is 17.8. The van der Waals surface area contributed by atoms with Crippen LogP contribution in [0.1, 0.15) is 35.4 Å². The molecular weight excluding hydrogens is 406 g/mol. The topological polar surface area (TPSA) is 96.6 Å². The highest BCUT2D eigenvalue weighted by Gasteiger charge is 2.69. The van der Waals surface area contributed by atoms with Crippen LogP contribution in [-0.4, -0.2) is 24.3 Å². The van der Waals surface area contributed by atoms with Crippen molar-refractivity contribution in [1.29, 1.82) is 5.26 Å². The Hall–Kier alpha value is -3.76. The van der Waals surface area contributed by atoms with Crippen molar-refractivity contribution in [3.63, 3.8) is 0 Å². The third-order valence-electron chi connectivity index (χ3n) is 6.63. The first-order valence-corrected chi connectivity index (χ1v) is 10.4. The number of fused-ring (bicyclic) bond motifs is 3. The van der Waals surface area contributed by atoms with Gasteiger partial charge in [-0.2, -0.15) is 10.2 Å². The first-order chi connectivity index (χ1) is 15.6. The second-order valence-electron chi connectivity index (χ2n) is 8.06. The second kappa shape index (κ2) is 7.43. The molecule has 7 heteroatoms. The van der Waals surface area contributed by atoms with Gasteiger partial charge in [0.1, 0.15) is 11.4 Å². The van der Waals surface area contributed by atoms with Gasteiger partial charge in [-0.3, -0.25) is 5.32 Å². The third-order valence-corrected chi connectivity index (χ3v) is 6.63. The number of rotatable bonds is 5. The molecule has 1 fully saturated rings. The molecule has 1 saturated carbocycles. The van der Waals surface area contributed by atoms with Gasteiger partial charge in [0.2, 0.25) is 11.8 Å². The molecule has 162 valence electrons. The van der Waals surface area contributed by atoms with Crippen LogP contribution in [0, 0.1) is 11.5 Å². The lowest BCUT2D eigenvalue weighted by Gasteiger charge is -2.40. The van der Waals surface area contributed by atoms with Crippen LogP contribution >= 0.6 is 0 Å². The van der Waals surface area contributed by atoms with Gasteiger partial charge in [-0.25, -0.2) is 0 Å². The molecule has 2 aliphatic rings. The average Bonchev–Trinajstić information content (AvgIpc) is 3.26. The number of pyridine rings is 1. The predicted molar refractivity (Wildman–Crippen MR) is 118 cm³/mol.